The average molecular weight is 287 g/mol. The van der Waals surface area contributed by atoms with Crippen LogP contribution in [0.1, 0.15) is 11.1 Å². The zero-order chi connectivity index (χ0) is 15.2. The largest absolute Gasteiger partial charge is 0.409 e. The van der Waals surface area contributed by atoms with Gasteiger partial charge < -0.3 is 16.3 Å². The van der Waals surface area contributed by atoms with Gasteiger partial charge >= 0.3 is 0 Å². The summed E-state index contributed by atoms with van der Waals surface area (Å²) >= 11 is 0. The molecular weight excluding hydrogens is 273 g/mol. The Morgan fingerprint density at radius 3 is 2.48 bits per heavy atom. The number of amidine groups is 1. The molecule has 0 saturated carbocycles. The highest BCUT2D eigenvalue weighted by atomic mass is 19.1. The number of hydrogen-bond donors (Lipinski definition) is 3. The number of hydrogen-bond acceptors (Lipinski definition) is 3. The van der Waals surface area contributed by atoms with Gasteiger partial charge in [0.05, 0.1) is 6.42 Å². The lowest BCUT2D eigenvalue weighted by atomic mass is 10.1. The van der Waals surface area contributed by atoms with Crippen molar-refractivity contribution < 1.29 is 14.4 Å². The first-order valence-electron chi connectivity index (χ1n) is 6.21. The fraction of sp³-hybridized carbons (Fsp3) is 0.0667. The van der Waals surface area contributed by atoms with Crippen LogP contribution in [0.15, 0.2) is 53.7 Å². The summed E-state index contributed by atoms with van der Waals surface area (Å²) < 4.78 is 13.4. The quantitative estimate of drug-likeness (QED) is 0.348. The van der Waals surface area contributed by atoms with Crippen LogP contribution < -0.4 is 11.1 Å². The molecule has 1 amide bonds. The molecule has 0 aliphatic carbocycles. The Morgan fingerprint density at radius 1 is 1.19 bits per heavy atom. The number of nitrogens with two attached hydrogens (primary N) is 1. The minimum atomic E-state index is -0.407. The van der Waals surface area contributed by atoms with Crippen molar-refractivity contribution >= 4 is 17.4 Å². The highest BCUT2D eigenvalue weighted by Gasteiger charge is 2.08. The summed E-state index contributed by atoms with van der Waals surface area (Å²) in [7, 11) is 0. The fourth-order valence-corrected chi connectivity index (χ4v) is 1.80. The number of halogens is 1. The van der Waals surface area contributed by atoms with Gasteiger partial charge in [-0.15, -0.1) is 0 Å². The van der Waals surface area contributed by atoms with Crippen molar-refractivity contribution in [1.29, 1.82) is 0 Å². The number of nitrogens with one attached hydrogen (secondary N) is 1. The van der Waals surface area contributed by atoms with Crippen molar-refractivity contribution in [1.82, 2.24) is 0 Å². The monoisotopic (exact) mass is 287 g/mol. The number of carbonyl (C=O) groups is 1. The number of benzene rings is 2. The summed E-state index contributed by atoms with van der Waals surface area (Å²) in [6.07, 6.45) is -0.0470. The molecule has 2 aromatic rings. The van der Waals surface area contributed by atoms with Gasteiger partial charge in [-0.2, -0.15) is 0 Å². The van der Waals surface area contributed by atoms with E-state index >= 15 is 0 Å². The van der Waals surface area contributed by atoms with Gasteiger partial charge in [0.1, 0.15) is 5.82 Å². The van der Waals surface area contributed by atoms with Crippen LogP contribution in [0.4, 0.5) is 10.1 Å². The normalized spacial score (nSPS) is 11.2. The molecule has 0 saturated heterocycles. The van der Waals surface area contributed by atoms with Crippen molar-refractivity contribution in [2.75, 3.05) is 5.32 Å². The molecule has 0 aliphatic heterocycles. The predicted octanol–water partition coefficient (Wildman–Crippen LogP) is 2.10. The molecule has 0 unspecified atom stereocenters. The maximum absolute atomic E-state index is 13.4. The Balaban J connectivity index is 2.02. The smallest absolute Gasteiger partial charge is 0.228 e. The topological polar surface area (TPSA) is 87.7 Å². The van der Waals surface area contributed by atoms with E-state index in [4.69, 9.17) is 10.9 Å². The molecule has 4 N–H and O–H groups in total. The van der Waals surface area contributed by atoms with Crippen LogP contribution in [0.5, 0.6) is 0 Å². The summed E-state index contributed by atoms with van der Waals surface area (Å²) in [5, 5.41) is 14.1. The highest BCUT2D eigenvalue weighted by Crippen LogP contribution is 2.12. The van der Waals surface area contributed by atoms with Gasteiger partial charge in [0.15, 0.2) is 5.84 Å². The van der Waals surface area contributed by atoms with E-state index in [0.29, 0.717) is 16.8 Å². The van der Waals surface area contributed by atoms with Gasteiger partial charge in [-0.3, -0.25) is 4.79 Å². The molecule has 2 aromatic carbocycles. The van der Waals surface area contributed by atoms with Crippen molar-refractivity contribution in [3.8, 4) is 0 Å². The Bertz CT molecular complexity index is 669. The van der Waals surface area contributed by atoms with Gasteiger partial charge in [0.25, 0.3) is 0 Å². The number of carbonyl (C=O) groups excluding carboxylic acids is 1. The number of oxime groups is 1. The van der Waals surface area contributed by atoms with Crippen molar-refractivity contribution in [2.45, 2.75) is 6.42 Å². The van der Waals surface area contributed by atoms with Gasteiger partial charge in [-0.1, -0.05) is 23.4 Å². The van der Waals surface area contributed by atoms with Gasteiger partial charge in [-0.25, -0.2) is 4.39 Å². The van der Waals surface area contributed by atoms with E-state index in [1.165, 1.54) is 6.07 Å². The zero-order valence-corrected chi connectivity index (χ0v) is 11.1. The maximum Gasteiger partial charge on any atom is 0.228 e. The van der Waals surface area contributed by atoms with E-state index in [-0.39, 0.29) is 18.2 Å². The summed E-state index contributed by atoms with van der Waals surface area (Å²) in [4.78, 5) is 11.8. The summed E-state index contributed by atoms with van der Waals surface area (Å²) in [6.45, 7) is 0. The van der Waals surface area contributed by atoms with E-state index < -0.39 is 5.82 Å². The van der Waals surface area contributed by atoms with Gasteiger partial charge in [0.2, 0.25) is 5.91 Å². The van der Waals surface area contributed by atoms with E-state index in [0.717, 1.165) is 0 Å². The van der Waals surface area contributed by atoms with Crippen molar-refractivity contribution in [3.63, 3.8) is 0 Å². The maximum atomic E-state index is 13.4. The average Bonchev–Trinajstić information content (AvgIpc) is 2.49. The number of amides is 1. The standard InChI is InChI=1S/C15H14FN3O2/c16-13-4-2-1-3-11(13)9-14(20)18-12-7-5-10(6-8-12)15(17)19-21/h1-8,21H,9H2,(H2,17,19)(H,18,20). The van der Waals surface area contributed by atoms with E-state index in [1.807, 2.05) is 0 Å². The fourth-order valence-electron chi connectivity index (χ4n) is 1.80. The molecule has 0 fully saturated rings. The first kappa shape index (κ1) is 14.5. The molecule has 0 bridgehead atoms. The SMILES string of the molecule is N/C(=N/O)c1ccc(NC(=O)Cc2ccccc2F)cc1. The lowest BCUT2D eigenvalue weighted by molar-refractivity contribution is -0.115. The van der Waals surface area contributed by atoms with Crippen LogP contribution in [0.3, 0.4) is 0 Å². The molecule has 21 heavy (non-hydrogen) atoms. The lowest BCUT2D eigenvalue weighted by Crippen LogP contribution is -2.16. The molecule has 0 spiro atoms. The molecule has 0 aromatic heterocycles. The number of rotatable bonds is 4. The van der Waals surface area contributed by atoms with Crippen LogP contribution in [-0.4, -0.2) is 17.0 Å². The van der Waals surface area contributed by atoms with Crippen LogP contribution >= 0.6 is 0 Å². The molecule has 108 valence electrons. The van der Waals surface area contributed by atoms with Crippen LogP contribution in [0, 0.1) is 5.82 Å². The molecule has 0 atom stereocenters. The summed E-state index contributed by atoms with van der Waals surface area (Å²) in [6, 6.07) is 12.6. The summed E-state index contributed by atoms with van der Waals surface area (Å²) in [5.41, 5.74) is 6.85. The van der Waals surface area contributed by atoms with Crippen LogP contribution in [0.25, 0.3) is 0 Å². The molecule has 0 heterocycles. The minimum absolute atomic E-state index is 0.0146. The van der Waals surface area contributed by atoms with Crippen molar-refractivity contribution in [3.05, 3.63) is 65.5 Å². The minimum Gasteiger partial charge on any atom is -0.409 e. The second-order valence-corrected chi connectivity index (χ2v) is 4.38. The predicted molar refractivity (Wildman–Crippen MR) is 77.7 cm³/mol. The Kier molecular flexibility index (Phi) is 4.50. The Labute approximate surface area is 120 Å². The van der Waals surface area contributed by atoms with Crippen LogP contribution in [-0.2, 0) is 11.2 Å². The number of nitrogens with zero attached hydrogens (tertiary/aromatic N) is 1. The zero-order valence-electron chi connectivity index (χ0n) is 11.1. The van der Waals surface area contributed by atoms with Crippen LogP contribution in [0.2, 0.25) is 0 Å². The third kappa shape index (κ3) is 3.79. The third-order valence-corrected chi connectivity index (χ3v) is 2.88. The van der Waals surface area contributed by atoms with Gasteiger partial charge in [-0.05, 0) is 35.9 Å². The van der Waals surface area contributed by atoms with Crippen molar-refractivity contribution in [2.24, 2.45) is 10.9 Å². The molecule has 0 aliphatic rings. The third-order valence-electron chi connectivity index (χ3n) is 2.88. The first-order valence-corrected chi connectivity index (χ1v) is 6.21. The van der Waals surface area contributed by atoms with E-state index in [1.54, 1.807) is 42.5 Å². The second-order valence-electron chi connectivity index (χ2n) is 4.38. The molecule has 0 radical (unpaired) electrons. The Hall–Kier alpha value is -2.89. The first-order chi connectivity index (χ1) is 10.1. The second kappa shape index (κ2) is 6.51. The number of anilines is 1. The molecule has 5 nitrogen and oxygen atoms in total. The highest BCUT2D eigenvalue weighted by molar-refractivity contribution is 5.98. The van der Waals surface area contributed by atoms with E-state index in [2.05, 4.69) is 10.5 Å². The molecule has 2 rings (SSSR count). The summed E-state index contributed by atoms with van der Waals surface area (Å²) in [5.74, 6) is -0.745. The lowest BCUT2D eigenvalue weighted by Gasteiger charge is -2.07. The van der Waals surface area contributed by atoms with Gasteiger partial charge in [0, 0.05) is 11.3 Å². The van der Waals surface area contributed by atoms with E-state index in [9.17, 15) is 9.18 Å². The molecule has 6 heteroatoms. The molecular formula is C15H14FN3O2. The Morgan fingerprint density at radius 2 is 1.86 bits per heavy atom.